The number of para-hydroxylation sites is 1. The van der Waals surface area contributed by atoms with Gasteiger partial charge in [-0.15, -0.1) is 0 Å². The second-order valence-corrected chi connectivity index (χ2v) is 6.41. The summed E-state index contributed by atoms with van der Waals surface area (Å²) in [5, 5.41) is 3.43. The average molecular weight is 377 g/mol. The SMILES string of the molecule is COCCn1c(C(C)NC(=O)C=Cc2ccccc2)nc2ccccc2c1=O. The summed E-state index contributed by atoms with van der Waals surface area (Å²) >= 11 is 0. The van der Waals surface area contributed by atoms with Crippen molar-refractivity contribution in [2.45, 2.75) is 19.5 Å². The number of hydrogen-bond donors (Lipinski definition) is 1. The first-order valence-electron chi connectivity index (χ1n) is 9.12. The maximum Gasteiger partial charge on any atom is 0.261 e. The van der Waals surface area contributed by atoms with E-state index in [0.717, 1.165) is 5.56 Å². The van der Waals surface area contributed by atoms with E-state index < -0.39 is 6.04 Å². The van der Waals surface area contributed by atoms with Gasteiger partial charge in [-0.1, -0.05) is 42.5 Å². The molecule has 28 heavy (non-hydrogen) atoms. The topological polar surface area (TPSA) is 73.2 Å². The van der Waals surface area contributed by atoms with Crippen molar-refractivity contribution in [3.8, 4) is 0 Å². The Morgan fingerprint density at radius 1 is 1.18 bits per heavy atom. The van der Waals surface area contributed by atoms with Gasteiger partial charge in [-0.3, -0.25) is 14.2 Å². The number of aromatic nitrogens is 2. The average Bonchev–Trinajstić information content (AvgIpc) is 2.72. The lowest BCUT2D eigenvalue weighted by Crippen LogP contribution is -2.34. The van der Waals surface area contributed by atoms with E-state index in [9.17, 15) is 9.59 Å². The third-order valence-electron chi connectivity index (χ3n) is 4.38. The minimum atomic E-state index is -0.443. The Labute approximate surface area is 163 Å². The Kier molecular flexibility index (Phi) is 6.34. The van der Waals surface area contributed by atoms with E-state index in [1.807, 2.05) is 49.4 Å². The van der Waals surface area contributed by atoms with Crippen LogP contribution >= 0.6 is 0 Å². The fourth-order valence-electron chi connectivity index (χ4n) is 2.98. The van der Waals surface area contributed by atoms with Crippen LogP contribution in [0.3, 0.4) is 0 Å². The summed E-state index contributed by atoms with van der Waals surface area (Å²) in [5.41, 5.74) is 1.40. The molecule has 0 bridgehead atoms. The van der Waals surface area contributed by atoms with Crippen LogP contribution in [0.5, 0.6) is 0 Å². The van der Waals surface area contributed by atoms with Gasteiger partial charge in [0.05, 0.1) is 30.1 Å². The lowest BCUT2D eigenvalue weighted by atomic mass is 10.2. The van der Waals surface area contributed by atoms with Crippen LogP contribution in [-0.4, -0.2) is 29.2 Å². The summed E-state index contributed by atoms with van der Waals surface area (Å²) in [4.78, 5) is 29.9. The van der Waals surface area contributed by atoms with Crippen molar-refractivity contribution in [3.63, 3.8) is 0 Å². The smallest absolute Gasteiger partial charge is 0.261 e. The number of nitrogens with zero attached hydrogens (tertiary/aromatic N) is 2. The molecular weight excluding hydrogens is 354 g/mol. The molecule has 0 fully saturated rings. The first kappa shape index (κ1) is 19.5. The molecule has 0 aliphatic rings. The molecule has 2 aromatic carbocycles. The molecule has 6 heteroatoms. The second kappa shape index (κ2) is 9.10. The van der Waals surface area contributed by atoms with Gasteiger partial charge in [0.15, 0.2) is 0 Å². The fraction of sp³-hybridized carbons (Fsp3) is 0.227. The largest absolute Gasteiger partial charge is 0.383 e. The Morgan fingerprint density at radius 3 is 2.64 bits per heavy atom. The van der Waals surface area contributed by atoms with Gasteiger partial charge in [-0.05, 0) is 30.7 Å². The quantitative estimate of drug-likeness (QED) is 0.643. The van der Waals surface area contributed by atoms with Crippen LogP contribution in [0.15, 0.2) is 65.5 Å². The highest BCUT2D eigenvalue weighted by Gasteiger charge is 2.17. The molecule has 1 unspecified atom stereocenters. The second-order valence-electron chi connectivity index (χ2n) is 6.41. The van der Waals surface area contributed by atoms with E-state index in [4.69, 9.17) is 4.74 Å². The Bertz CT molecular complexity index is 1040. The molecule has 3 aromatic rings. The molecule has 6 nitrogen and oxygen atoms in total. The lowest BCUT2D eigenvalue weighted by molar-refractivity contribution is -0.117. The predicted molar refractivity (Wildman–Crippen MR) is 110 cm³/mol. The summed E-state index contributed by atoms with van der Waals surface area (Å²) in [7, 11) is 1.58. The monoisotopic (exact) mass is 377 g/mol. The number of carbonyl (C=O) groups is 1. The summed E-state index contributed by atoms with van der Waals surface area (Å²) in [6.45, 7) is 2.55. The molecule has 1 heterocycles. The van der Waals surface area contributed by atoms with Gasteiger partial charge in [0, 0.05) is 13.2 Å². The van der Waals surface area contributed by atoms with Crippen molar-refractivity contribution in [3.05, 3.63) is 82.4 Å². The highest BCUT2D eigenvalue weighted by molar-refractivity contribution is 5.92. The maximum absolute atomic E-state index is 12.9. The minimum Gasteiger partial charge on any atom is -0.383 e. The summed E-state index contributed by atoms with van der Waals surface area (Å²) < 4.78 is 6.70. The molecule has 0 aliphatic carbocycles. The Balaban J connectivity index is 1.87. The van der Waals surface area contributed by atoms with Crippen molar-refractivity contribution < 1.29 is 9.53 Å². The van der Waals surface area contributed by atoms with E-state index in [1.165, 1.54) is 6.08 Å². The van der Waals surface area contributed by atoms with Crippen LogP contribution in [0.2, 0.25) is 0 Å². The zero-order valence-electron chi connectivity index (χ0n) is 16.0. The number of hydrogen-bond acceptors (Lipinski definition) is 4. The van der Waals surface area contributed by atoms with Crippen LogP contribution in [0.25, 0.3) is 17.0 Å². The minimum absolute atomic E-state index is 0.140. The number of ether oxygens (including phenoxy) is 1. The van der Waals surface area contributed by atoms with Gasteiger partial charge in [-0.2, -0.15) is 0 Å². The van der Waals surface area contributed by atoms with Gasteiger partial charge < -0.3 is 10.1 Å². The highest BCUT2D eigenvalue weighted by atomic mass is 16.5. The molecule has 0 radical (unpaired) electrons. The predicted octanol–water partition coefficient (Wildman–Crippen LogP) is 2.93. The summed E-state index contributed by atoms with van der Waals surface area (Å²) in [6, 6.07) is 16.3. The molecule has 1 amide bonds. The van der Waals surface area contributed by atoms with Crippen LogP contribution < -0.4 is 10.9 Å². The van der Waals surface area contributed by atoms with Crippen LogP contribution in [0.4, 0.5) is 0 Å². The number of amides is 1. The van der Waals surface area contributed by atoms with E-state index in [1.54, 1.807) is 29.9 Å². The van der Waals surface area contributed by atoms with Crippen LogP contribution in [0, 0.1) is 0 Å². The molecule has 1 N–H and O–H groups in total. The van der Waals surface area contributed by atoms with E-state index >= 15 is 0 Å². The van der Waals surface area contributed by atoms with Crippen LogP contribution in [0.1, 0.15) is 24.4 Å². The van der Waals surface area contributed by atoms with Crippen molar-refractivity contribution in [1.29, 1.82) is 0 Å². The Morgan fingerprint density at radius 2 is 1.89 bits per heavy atom. The number of rotatable bonds is 7. The van der Waals surface area contributed by atoms with E-state index in [2.05, 4.69) is 10.3 Å². The molecule has 144 valence electrons. The van der Waals surface area contributed by atoms with E-state index in [0.29, 0.717) is 29.9 Å². The molecular formula is C22H23N3O3. The Hall–Kier alpha value is -3.25. The van der Waals surface area contributed by atoms with Crippen molar-refractivity contribution in [2.75, 3.05) is 13.7 Å². The molecule has 0 saturated heterocycles. The number of fused-ring (bicyclic) bond motifs is 1. The molecule has 1 atom stereocenters. The number of methoxy groups -OCH3 is 1. The van der Waals surface area contributed by atoms with Gasteiger partial charge >= 0.3 is 0 Å². The zero-order chi connectivity index (χ0) is 19.9. The first-order chi connectivity index (χ1) is 13.6. The third-order valence-corrected chi connectivity index (χ3v) is 4.38. The standard InChI is InChI=1S/C22H23N3O3/c1-16(23-20(26)13-12-17-8-4-3-5-9-17)21-24-19-11-7-6-10-18(19)22(27)25(21)14-15-28-2/h3-13,16H,14-15H2,1-2H3,(H,23,26). The maximum atomic E-state index is 12.9. The third kappa shape index (κ3) is 4.53. The zero-order valence-corrected chi connectivity index (χ0v) is 16.0. The van der Waals surface area contributed by atoms with Gasteiger partial charge in [0.1, 0.15) is 5.82 Å². The van der Waals surface area contributed by atoms with Crippen LogP contribution in [-0.2, 0) is 16.1 Å². The van der Waals surface area contributed by atoms with E-state index in [-0.39, 0.29) is 11.5 Å². The normalized spacial score (nSPS) is 12.4. The van der Waals surface area contributed by atoms with Gasteiger partial charge in [0.2, 0.25) is 5.91 Å². The fourth-order valence-corrected chi connectivity index (χ4v) is 2.98. The number of carbonyl (C=O) groups excluding carboxylic acids is 1. The number of nitrogens with one attached hydrogen (secondary N) is 1. The highest BCUT2D eigenvalue weighted by Crippen LogP contribution is 2.14. The molecule has 0 spiro atoms. The number of benzene rings is 2. The molecule has 0 saturated carbocycles. The summed E-state index contributed by atoms with van der Waals surface area (Å²) in [5.74, 6) is 0.249. The molecule has 0 aliphatic heterocycles. The first-order valence-corrected chi connectivity index (χ1v) is 9.12. The van der Waals surface area contributed by atoms with Crippen molar-refractivity contribution in [2.24, 2.45) is 0 Å². The molecule has 3 rings (SSSR count). The molecule has 1 aromatic heterocycles. The van der Waals surface area contributed by atoms with Crippen molar-refractivity contribution >= 4 is 22.9 Å². The summed E-state index contributed by atoms with van der Waals surface area (Å²) in [6.07, 6.45) is 3.22. The van der Waals surface area contributed by atoms with Crippen molar-refractivity contribution in [1.82, 2.24) is 14.9 Å². The lowest BCUT2D eigenvalue weighted by Gasteiger charge is -2.19. The van der Waals surface area contributed by atoms with Gasteiger partial charge in [-0.25, -0.2) is 4.98 Å². The van der Waals surface area contributed by atoms with Gasteiger partial charge in [0.25, 0.3) is 5.56 Å².